The van der Waals surface area contributed by atoms with Crippen LogP contribution in [0.5, 0.6) is 0 Å². The third-order valence-corrected chi connectivity index (χ3v) is 4.47. The summed E-state index contributed by atoms with van der Waals surface area (Å²) in [7, 11) is 0. The number of nitrogen functional groups attached to an aromatic ring is 3. The van der Waals surface area contributed by atoms with Gasteiger partial charge in [0, 0.05) is 16.7 Å². The van der Waals surface area contributed by atoms with Crippen molar-refractivity contribution < 1.29 is 4.79 Å². The van der Waals surface area contributed by atoms with E-state index >= 15 is 0 Å². The van der Waals surface area contributed by atoms with Crippen molar-refractivity contribution in [3.63, 3.8) is 0 Å². The molecular formula is C11H14N6OS2. The Kier molecular flexibility index (Phi) is 4.42. The summed E-state index contributed by atoms with van der Waals surface area (Å²) in [6.45, 7) is 1.95. The van der Waals surface area contributed by atoms with Crippen molar-refractivity contribution in [1.29, 1.82) is 0 Å². The van der Waals surface area contributed by atoms with E-state index in [9.17, 15) is 4.79 Å². The van der Waals surface area contributed by atoms with Gasteiger partial charge in [-0.25, -0.2) is 15.8 Å². The number of anilines is 2. The second-order valence-electron chi connectivity index (χ2n) is 3.95. The number of nitrogens with zero attached hydrogens (tertiary/aromatic N) is 2. The van der Waals surface area contributed by atoms with Crippen LogP contribution in [0.15, 0.2) is 17.3 Å². The van der Waals surface area contributed by atoms with E-state index in [0.717, 1.165) is 10.4 Å². The Labute approximate surface area is 123 Å². The topological polar surface area (TPSA) is 133 Å². The number of nitrogens with two attached hydrogens (primary N) is 3. The van der Waals surface area contributed by atoms with E-state index in [0.29, 0.717) is 27.4 Å². The molecule has 0 fully saturated rings. The smallest absolute Gasteiger partial charge is 0.275 e. The summed E-state index contributed by atoms with van der Waals surface area (Å²) < 4.78 is 0. The number of thiophene rings is 1. The number of nitrogens with one attached hydrogen (secondary N) is 1. The SMILES string of the molecule is Cc1sc(C(=O)NN)cc1CSc1nc(N)cc(N)n1. The fraction of sp³-hybridized carbons (Fsp3) is 0.182. The Balaban J connectivity index is 2.10. The van der Waals surface area contributed by atoms with Crippen molar-refractivity contribution in [3.8, 4) is 0 Å². The molecule has 0 aromatic carbocycles. The van der Waals surface area contributed by atoms with Gasteiger partial charge in [-0.2, -0.15) is 0 Å². The minimum atomic E-state index is -0.293. The number of rotatable bonds is 4. The highest BCUT2D eigenvalue weighted by Crippen LogP contribution is 2.28. The van der Waals surface area contributed by atoms with Gasteiger partial charge in [-0.05, 0) is 18.6 Å². The molecule has 0 aliphatic heterocycles. The highest BCUT2D eigenvalue weighted by molar-refractivity contribution is 7.98. The molecule has 0 unspecified atom stereocenters. The minimum absolute atomic E-state index is 0.293. The third-order valence-electron chi connectivity index (χ3n) is 2.48. The summed E-state index contributed by atoms with van der Waals surface area (Å²) in [5.41, 5.74) is 14.4. The van der Waals surface area contributed by atoms with Crippen LogP contribution >= 0.6 is 23.1 Å². The molecule has 0 atom stereocenters. The fourth-order valence-electron chi connectivity index (χ4n) is 1.51. The highest BCUT2D eigenvalue weighted by Gasteiger charge is 2.12. The summed E-state index contributed by atoms with van der Waals surface area (Å²) in [4.78, 5) is 21.3. The molecular weight excluding hydrogens is 296 g/mol. The van der Waals surface area contributed by atoms with Crippen molar-refractivity contribution in [2.45, 2.75) is 17.8 Å². The molecule has 0 saturated carbocycles. The molecule has 2 heterocycles. The van der Waals surface area contributed by atoms with E-state index in [4.69, 9.17) is 17.3 Å². The van der Waals surface area contributed by atoms with Crippen LogP contribution in [0.3, 0.4) is 0 Å². The van der Waals surface area contributed by atoms with E-state index in [1.807, 2.05) is 13.0 Å². The van der Waals surface area contributed by atoms with Crippen LogP contribution in [-0.4, -0.2) is 15.9 Å². The summed E-state index contributed by atoms with van der Waals surface area (Å²) in [5.74, 6) is 6.13. The van der Waals surface area contributed by atoms with Crippen molar-refractivity contribution in [3.05, 3.63) is 27.5 Å². The van der Waals surface area contributed by atoms with E-state index in [1.54, 1.807) is 0 Å². The van der Waals surface area contributed by atoms with Crippen LogP contribution < -0.4 is 22.7 Å². The molecule has 2 aromatic heterocycles. The first-order valence-corrected chi connectivity index (χ1v) is 7.43. The van der Waals surface area contributed by atoms with Crippen LogP contribution in [0.4, 0.5) is 11.6 Å². The standard InChI is InChI=1S/C11H14N6OS2/c1-5-6(2-7(20-5)10(18)17-14)4-19-11-15-8(12)3-9(13)16-11/h2-3H,4,14H2,1H3,(H,17,18)(H4,12,13,15,16). The van der Waals surface area contributed by atoms with Gasteiger partial charge in [-0.3, -0.25) is 10.2 Å². The lowest BCUT2D eigenvalue weighted by atomic mass is 10.3. The molecule has 9 heteroatoms. The summed E-state index contributed by atoms with van der Waals surface area (Å²) in [5, 5.41) is 0.512. The predicted molar refractivity (Wildman–Crippen MR) is 81.1 cm³/mol. The summed E-state index contributed by atoms with van der Waals surface area (Å²) >= 11 is 2.80. The summed E-state index contributed by atoms with van der Waals surface area (Å²) in [6, 6.07) is 3.31. The number of thioether (sulfide) groups is 1. The Morgan fingerprint density at radius 2 is 2.00 bits per heavy atom. The molecule has 0 bridgehead atoms. The number of carbonyl (C=O) groups is 1. The van der Waals surface area contributed by atoms with E-state index < -0.39 is 0 Å². The summed E-state index contributed by atoms with van der Waals surface area (Å²) in [6.07, 6.45) is 0. The molecule has 7 N–H and O–H groups in total. The number of hydrogen-bond donors (Lipinski definition) is 4. The fourth-order valence-corrected chi connectivity index (χ4v) is 3.48. The average molecular weight is 310 g/mol. The average Bonchev–Trinajstić information content (AvgIpc) is 2.76. The van der Waals surface area contributed by atoms with Crippen molar-refractivity contribution in [1.82, 2.24) is 15.4 Å². The highest BCUT2D eigenvalue weighted by atomic mass is 32.2. The van der Waals surface area contributed by atoms with Gasteiger partial charge in [-0.15, -0.1) is 11.3 Å². The zero-order valence-electron chi connectivity index (χ0n) is 10.7. The van der Waals surface area contributed by atoms with Gasteiger partial charge in [0.25, 0.3) is 5.91 Å². The van der Waals surface area contributed by atoms with Crippen LogP contribution in [-0.2, 0) is 5.75 Å². The number of hydrogen-bond acceptors (Lipinski definition) is 8. The molecule has 106 valence electrons. The lowest BCUT2D eigenvalue weighted by Crippen LogP contribution is -2.29. The molecule has 2 aromatic rings. The van der Waals surface area contributed by atoms with E-state index in [1.165, 1.54) is 29.2 Å². The van der Waals surface area contributed by atoms with Gasteiger partial charge < -0.3 is 11.5 Å². The number of aromatic nitrogens is 2. The molecule has 0 aliphatic rings. The first-order valence-electron chi connectivity index (χ1n) is 5.62. The third kappa shape index (κ3) is 3.38. The van der Waals surface area contributed by atoms with E-state index in [2.05, 4.69) is 15.4 Å². The first-order chi connectivity index (χ1) is 9.49. The normalized spacial score (nSPS) is 10.5. The van der Waals surface area contributed by atoms with Gasteiger partial charge >= 0.3 is 0 Å². The van der Waals surface area contributed by atoms with Crippen molar-refractivity contribution in [2.24, 2.45) is 5.84 Å². The van der Waals surface area contributed by atoms with Crippen LogP contribution in [0.25, 0.3) is 0 Å². The van der Waals surface area contributed by atoms with Gasteiger partial charge in [0.2, 0.25) is 0 Å². The largest absolute Gasteiger partial charge is 0.383 e. The minimum Gasteiger partial charge on any atom is -0.383 e. The maximum atomic E-state index is 11.5. The molecule has 0 spiro atoms. The molecule has 20 heavy (non-hydrogen) atoms. The maximum absolute atomic E-state index is 11.5. The van der Waals surface area contributed by atoms with Gasteiger partial charge in [0.05, 0.1) is 4.88 Å². The van der Waals surface area contributed by atoms with Gasteiger partial charge in [0.15, 0.2) is 5.16 Å². The zero-order valence-corrected chi connectivity index (χ0v) is 12.3. The lowest BCUT2D eigenvalue weighted by molar-refractivity contribution is 0.0957. The number of carbonyl (C=O) groups excluding carboxylic acids is 1. The Bertz CT molecular complexity index is 622. The Hall–Kier alpha value is -1.84. The predicted octanol–water partition coefficient (Wildman–Crippen LogP) is 0.907. The number of amides is 1. The maximum Gasteiger partial charge on any atom is 0.275 e. The van der Waals surface area contributed by atoms with Crippen molar-refractivity contribution >= 4 is 40.6 Å². The zero-order chi connectivity index (χ0) is 14.7. The quantitative estimate of drug-likeness (QED) is 0.217. The van der Waals surface area contributed by atoms with Gasteiger partial charge in [0.1, 0.15) is 11.6 Å². The van der Waals surface area contributed by atoms with Crippen LogP contribution in [0.2, 0.25) is 0 Å². The Morgan fingerprint density at radius 3 is 2.60 bits per heavy atom. The molecule has 0 radical (unpaired) electrons. The first kappa shape index (κ1) is 14.6. The lowest BCUT2D eigenvalue weighted by Gasteiger charge is -2.02. The molecule has 2 rings (SSSR count). The molecule has 0 saturated heterocycles. The van der Waals surface area contributed by atoms with E-state index in [-0.39, 0.29) is 5.91 Å². The molecule has 7 nitrogen and oxygen atoms in total. The number of aryl methyl sites for hydroxylation is 1. The van der Waals surface area contributed by atoms with Gasteiger partial charge in [-0.1, -0.05) is 11.8 Å². The second-order valence-corrected chi connectivity index (χ2v) is 6.15. The van der Waals surface area contributed by atoms with Crippen molar-refractivity contribution in [2.75, 3.05) is 11.5 Å². The van der Waals surface area contributed by atoms with Crippen LogP contribution in [0, 0.1) is 6.92 Å². The Morgan fingerprint density at radius 1 is 1.35 bits per heavy atom. The second kappa shape index (κ2) is 6.07. The number of hydrazine groups is 1. The molecule has 0 aliphatic carbocycles. The molecule has 1 amide bonds. The van der Waals surface area contributed by atoms with Crippen LogP contribution in [0.1, 0.15) is 20.1 Å². The monoisotopic (exact) mass is 310 g/mol.